The largest absolute Gasteiger partial charge is 0.449 e. The average molecular weight is 673 g/mol. The maximum absolute atomic E-state index is 14.2. The fraction of sp³-hybridized carbons (Fsp3) is 0.275. The minimum atomic E-state index is -1.34. The summed E-state index contributed by atoms with van der Waals surface area (Å²) in [5.41, 5.74) is 12.2. The Morgan fingerprint density at radius 2 is 1.54 bits per heavy atom. The van der Waals surface area contributed by atoms with Crippen LogP contribution in [0.15, 0.2) is 120 Å². The third-order valence-electron chi connectivity index (χ3n) is 9.47. The number of carbonyl (C=O) groups excluding carboxylic acids is 4. The molecule has 0 bridgehead atoms. The van der Waals surface area contributed by atoms with E-state index in [1.54, 1.807) is 6.20 Å². The van der Waals surface area contributed by atoms with Crippen LogP contribution in [0, 0.1) is 11.8 Å². The number of carbonyl (C=O) groups is 4. The third-order valence-corrected chi connectivity index (χ3v) is 9.47. The second-order valence-electron chi connectivity index (χ2n) is 12.9. The molecule has 0 fully saturated rings. The molecule has 5 atom stereocenters. The highest BCUT2D eigenvalue weighted by Crippen LogP contribution is 2.44. The number of ketones is 1. The number of amides is 3. The molecule has 5 unspecified atom stereocenters. The van der Waals surface area contributed by atoms with Crippen molar-refractivity contribution in [1.82, 2.24) is 10.6 Å². The molecular weight excluding hydrogens is 632 g/mol. The van der Waals surface area contributed by atoms with Crippen LogP contribution in [0.5, 0.6) is 0 Å². The van der Waals surface area contributed by atoms with Crippen molar-refractivity contribution in [3.05, 3.63) is 132 Å². The highest BCUT2D eigenvalue weighted by atomic mass is 16.5. The summed E-state index contributed by atoms with van der Waals surface area (Å²) >= 11 is 0. The van der Waals surface area contributed by atoms with Crippen LogP contribution in [-0.4, -0.2) is 59.3 Å². The number of nitrogens with zero attached hydrogens (tertiary/aromatic N) is 1. The molecule has 3 aromatic carbocycles. The van der Waals surface area contributed by atoms with E-state index in [-0.39, 0.29) is 37.7 Å². The van der Waals surface area contributed by atoms with Crippen LogP contribution in [0.2, 0.25) is 0 Å². The molecule has 0 saturated carbocycles. The van der Waals surface area contributed by atoms with Crippen LogP contribution >= 0.6 is 0 Å². The van der Waals surface area contributed by atoms with Crippen molar-refractivity contribution in [1.29, 1.82) is 0 Å². The lowest BCUT2D eigenvalue weighted by molar-refractivity contribution is -0.134. The van der Waals surface area contributed by atoms with Crippen molar-refractivity contribution >= 4 is 29.4 Å². The number of benzene rings is 3. The number of alkyl carbamates (subject to hydrolysis) is 1. The van der Waals surface area contributed by atoms with Crippen LogP contribution in [0.25, 0.3) is 11.1 Å². The smallest absolute Gasteiger partial charge is 0.407 e. The van der Waals surface area contributed by atoms with Crippen molar-refractivity contribution in [2.75, 3.05) is 6.61 Å². The summed E-state index contributed by atoms with van der Waals surface area (Å²) < 4.78 is 5.81. The molecule has 0 spiro atoms. The maximum Gasteiger partial charge on any atom is 0.407 e. The topological polar surface area (TPSA) is 160 Å². The summed E-state index contributed by atoms with van der Waals surface area (Å²) in [4.78, 5) is 57.8. The van der Waals surface area contributed by atoms with E-state index in [9.17, 15) is 24.3 Å². The second kappa shape index (κ2) is 15.3. The van der Waals surface area contributed by atoms with Gasteiger partial charge in [0, 0.05) is 30.4 Å². The number of aliphatic hydroxyl groups is 1. The molecule has 0 aromatic heterocycles. The van der Waals surface area contributed by atoms with Gasteiger partial charge in [-0.2, -0.15) is 0 Å². The lowest BCUT2D eigenvalue weighted by Crippen LogP contribution is -2.53. The molecule has 1 heterocycles. The number of hydrogen-bond donors (Lipinski definition) is 4. The van der Waals surface area contributed by atoms with Crippen LogP contribution in [0.3, 0.4) is 0 Å². The van der Waals surface area contributed by atoms with Crippen LogP contribution in [-0.2, 0) is 25.5 Å². The van der Waals surface area contributed by atoms with E-state index in [4.69, 9.17) is 10.5 Å². The number of fused-ring (bicyclic) bond motifs is 4. The molecule has 3 aromatic rings. The molecule has 1 aliphatic heterocycles. The summed E-state index contributed by atoms with van der Waals surface area (Å²) in [6.07, 6.45) is 7.47. The minimum Gasteiger partial charge on any atom is -0.449 e. The number of aliphatic imine (C=N–C) groups is 1. The van der Waals surface area contributed by atoms with E-state index in [1.165, 1.54) is 6.92 Å². The average Bonchev–Trinajstić information content (AvgIpc) is 3.67. The molecular formula is C40H40N4O6. The molecule has 2 aliphatic carbocycles. The number of nitrogens with two attached hydrogens (primary N) is 1. The molecule has 3 amide bonds. The predicted molar refractivity (Wildman–Crippen MR) is 190 cm³/mol. The lowest BCUT2D eigenvalue weighted by atomic mass is 9.85. The van der Waals surface area contributed by atoms with Gasteiger partial charge < -0.3 is 26.2 Å². The Kier molecular flexibility index (Phi) is 10.5. The molecule has 6 rings (SSSR count). The van der Waals surface area contributed by atoms with Crippen molar-refractivity contribution in [2.45, 2.75) is 50.3 Å². The van der Waals surface area contributed by atoms with Gasteiger partial charge in [-0.1, -0.05) is 97.1 Å². The molecule has 0 radical (unpaired) electrons. The number of aliphatic hydroxyl groups excluding tert-OH is 1. The SMILES string of the molecule is CC(O)C(NC(=O)C(CC(=O)C(CC1=CN=C2C=CC=CC12)NC(=O)OCC1c2ccccc2-c2ccccc21)Cc1ccccc1)C(N)=O. The highest BCUT2D eigenvalue weighted by Gasteiger charge is 2.35. The molecule has 3 aliphatic rings. The number of ether oxygens (including phenoxy) is 1. The highest BCUT2D eigenvalue weighted by molar-refractivity contribution is 6.03. The Bertz CT molecular complexity index is 1850. The molecule has 10 nitrogen and oxygen atoms in total. The molecule has 50 heavy (non-hydrogen) atoms. The van der Waals surface area contributed by atoms with Gasteiger partial charge in [-0.25, -0.2) is 4.79 Å². The zero-order chi connectivity index (χ0) is 35.2. The summed E-state index contributed by atoms with van der Waals surface area (Å²) in [6.45, 7) is 1.42. The first-order chi connectivity index (χ1) is 24.2. The van der Waals surface area contributed by atoms with Gasteiger partial charge in [0.05, 0.1) is 17.9 Å². The van der Waals surface area contributed by atoms with Gasteiger partial charge >= 0.3 is 6.09 Å². The van der Waals surface area contributed by atoms with Gasteiger partial charge in [0.25, 0.3) is 0 Å². The number of nitrogens with one attached hydrogen (secondary N) is 2. The van der Waals surface area contributed by atoms with Crippen molar-refractivity contribution < 1.29 is 29.0 Å². The van der Waals surface area contributed by atoms with E-state index < -0.39 is 47.8 Å². The van der Waals surface area contributed by atoms with E-state index >= 15 is 0 Å². The van der Waals surface area contributed by atoms with Crippen LogP contribution in [0.4, 0.5) is 4.79 Å². The Balaban J connectivity index is 1.21. The zero-order valence-corrected chi connectivity index (χ0v) is 27.7. The summed E-state index contributed by atoms with van der Waals surface area (Å²) in [5.74, 6) is -3.14. The molecule has 256 valence electrons. The molecule has 10 heteroatoms. The standard InChI is InChI=1S/C40H40N4O6/c1-24(45)37(38(41)47)44-39(48)26(19-25-11-3-2-4-12-25)21-36(46)35(20-27-22-42-34-18-10-9-13-28(27)34)43-40(49)50-23-33-31-16-7-5-14-29(31)30-15-6-8-17-32(30)33/h2-18,22,24,26,28,33,35,37,45H,19-21,23H2,1H3,(H2,41,47)(H,43,49)(H,44,48). The summed E-state index contributed by atoms with van der Waals surface area (Å²) in [6, 6.07) is 22.8. The monoisotopic (exact) mass is 672 g/mol. The van der Waals surface area contributed by atoms with Gasteiger partial charge in [0.2, 0.25) is 11.8 Å². The number of hydrogen-bond acceptors (Lipinski definition) is 7. The molecule has 5 N–H and O–H groups in total. The fourth-order valence-corrected chi connectivity index (χ4v) is 6.89. The number of rotatable bonds is 14. The van der Waals surface area contributed by atoms with E-state index in [2.05, 4.69) is 27.8 Å². The normalized spacial score (nSPS) is 18.0. The van der Waals surface area contributed by atoms with E-state index in [1.807, 2.05) is 91.0 Å². The number of primary amides is 1. The summed E-state index contributed by atoms with van der Waals surface area (Å²) in [5, 5.41) is 15.4. The first-order valence-electron chi connectivity index (χ1n) is 16.8. The summed E-state index contributed by atoms with van der Waals surface area (Å²) in [7, 11) is 0. The van der Waals surface area contributed by atoms with Crippen molar-refractivity contribution in [3.8, 4) is 11.1 Å². The second-order valence-corrected chi connectivity index (χ2v) is 12.9. The predicted octanol–water partition coefficient (Wildman–Crippen LogP) is 4.53. The maximum atomic E-state index is 14.2. The Morgan fingerprint density at radius 3 is 2.20 bits per heavy atom. The Hall–Kier alpha value is -5.61. The lowest BCUT2D eigenvalue weighted by Gasteiger charge is -2.25. The fourth-order valence-electron chi connectivity index (χ4n) is 6.89. The Labute approximate surface area is 290 Å². The molecule has 0 saturated heterocycles. The number of Topliss-reactive ketones (excluding diaryl/α,β-unsaturated/α-hetero) is 1. The van der Waals surface area contributed by atoms with Crippen molar-refractivity contribution in [3.63, 3.8) is 0 Å². The van der Waals surface area contributed by atoms with Gasteiger partial charge in [-0.05, 0) is 59.2 Å². The van der Waals surface area contributed by atoms with Gasteiger partial charge in [-0.15, -0.1) is 0 Å². The first kappa shape index (κ1) is 34.3. The van der Waals surface area contributed by atoms with Gasteiger partial charge in [-0.3, -0.25) is 19.4 Å². The van der Waals surface area contributed by atoms with E-state index in [0.29, 0.717) is 0 Å². The zero-order valence-electron chi connectivity index (χ0n) is 27.7. The quantitative estimate of drug-likeness (QED) is 0.197. The third kappa shape index (κ3) is 7.66. The van der Waals surface area contributed by atoms with Gasteiger partial charge in [0.15, 0.2) is 5.78 Å². The van der Waals surface area contributed by atoms with E-state index in [0.717, 1.165) is 39.1 Å². The Morgan fingerprint density at radius 1 is 0.880 bits per heavy atom. The first-order valence-corrected chi connectivity index (χ1v) is 16.8. The van der Waals surface area contributed by atoms with Crippen LogP contribution in [0.1, 0.15) is 42.4 Å². The van der Waals surface area contributed by atoms with Crippen LogP contribution < -0.4 is 16.4 Å². The minimum absolute atomic E-state index is 0.0692. The van der Waals surface area contributed by atoms with Crippen molar-refractivity contribution in [2.24, 2.45) is 22.6 Å². The number of allylic oxidation sites excluding steroid dienone is 4. The van der Waals surface area contributed by atoms with Gasteiger partial charge in [0.1, 0.15) is 12.6 Å².